The minimum Gasteiger partial charge on any atom is -0.495 e. The molecule has 1 aromatic rings. The van der Waals surface area contributed by atoms with Gasteiger partial charge in [0.05, 0.1) is 18.6 Å². The topological polar surface area (TPSA) is 59.6 Å². The standard InChI is InChI=1S/C11H17BrN2O3S/c1-16-6-5-13-3-4-14-11(15)9-7-8(17-2)10(12)18-9/h7,13H,3-6H2,1-2H3,(H,14,15). The van der Waals surface area contributed by atoms with Crippen molar-refractivity contribution in [2.45, 2.75) is 0 Å². The number of hydrogen-bond acceptors (Lipinski definition) is 5. The lowest BCUT2D eigenvalue weighted by Gasteiger charge is -2.05. The van der Waals surface area contributed by atoms with Crippen molar-refractivity contribution in [3.63, 3.8) is 0 Å². The molecular weight excluding hydrogens is 320 g/mol. The summed E-state index contributed by atoms with van der Waals surface area (Å²) in [6.45, 7) is 2.76. The molecule has 0 aliphatic carbocycles. The zero-order chi connectivity index (χ0) is 13.4. The van der Waals surface area contributed by atoms with Gasteiger partial charge in [0.1, 0.15) is 9.54 Å². The molecule has 0 bridgehead atoms. The van der Waals surface area contributed by atoms with Crippen molar-refractivity contribution in [3.8, 4) is 5.75 Å². The molecule has 1 aromatic heterocycles. The number of rotatable bonds is 8. The number of nitrogens with one attached hydrogen (secondary N) is 2. The molecule has 0 saturated heterocycles. The lowest BCUT2D eigenvalue weighted by molar-refractivity contribution is 0.0957. The molecule has 0 saturated carbocycles. The fourth-order valence-electron chi connectivity index (χ4n) is 1.25. The fraction of sp³-hybridized carbons (Fsp3) is 0.545. The number of carbonyl (C=O) groups is 1. The monoisotopic (exact) mass is 336 g/mol. The quantitative estimate of drug-likeness (QED) is 0.706. The first-order valence-electron chi connectivity index (χ1n) is 5.50. The van der Waals surface area contributed by atoms with Gasteiger partial charge in [-0.3, -0.25) is 4.79 Å². The van der Waals surface area contributed by atoms with E-state index >= 15 is 0 Å². The van der Waals surface area contributed by atoms with Crippen LogP contribution in [-0.2, 0) is 4.74 Å². The molecular formula is C11H17BrN2O3S. The van der Waals surface area contributed by atoms with Gasteiger partial charge in [0, 0.05) is 32.8 Å². The zero-order valence-electron chi connectivity index (χ0n) is 10.4. The van der Waals surface area contributed by atoms with Crippen molar-refractivity contribution in [2.24, 2.45) is 0 Å². The smallest absolute Gasteiger partial charge is 0.261 e. The molecule has 0 atom stereocenters. The largest absolute Gasteiger partial charge is 0.495 e. The Morgan fingerprint density at radius 1 is 1.39 bits per heavy atom. The number of hydrogen-bond donors (Lipinski definition) is 2. The summed E-state index contributed by atoms with van der Waals surface area (Å²) in [5.74, 6) is 0.598. The molecule has 2 N–H and O–H groups in total. The van der Waals surface area contributed by atoms with Gasteiger partial charge in [-0.2, -0.15) is 0 Å². The molecule has 7 heteroatoms. The number of carbonyl (C=O) groups excluding carboxylic acids is 1. The lowest BCUT2D eigenvalue weighted by atomic mass is 10.4. The maximum atomic E-state index is 11.8. The van der Waals surface area contributed by atoms with E-state index in [-0.39, 0.29) is 5.91 Å². The van der Waals surface area contributed by atoms with E-state index in [0.29, 0.717) is 23.8 Å². The number of halogens is 1. The van der Waals surface area contributed by atoms with Gasteiger partial charge >= 0.3 is 0 Å². The number of thiophene rings is 1. The van der Waals surface area contributed by atoms with Gasteiger partial charge < -0.3 is 20.1 Å². The van der Waals surface area contributed by atoms with Gasteiger partial charge in [-0.05, 0) is 15.9 Å². The first kappa shape index (κ1) is 15.4. The predicted octanol–water partition coefficient (Wildman–Crippen LogP) is 1.48. The third kappa shape index (κ3) is 4.93. The van der Waals surface area contributed by atoms with Crippen LogP contribution in [0, 0.1) is 0 Å². The van der Waals surface area contributed by atoms with E-state index in [0.717, 1.165) is 16.9 Å². The molecule has 0 aromatic carbocycles. The Morgan fingerprint density at radius 3 is 2.78 bits per heavy atom. The van der Waals surface area contributed by atoms with Gasteiger partial charge in [-0.15, -0.1) is 11.3 Å². The summed E-state index contributed by atoms with van der Waals surface area (Å²) in [6.07, 6.45) is 0. The predicted molar refractivity (Wildman–Crippen MR) is 75.6 cm³/mol. The van der Waals surface area contributed by atoms with Crippen LogP contribution in [-0.4, -0.2) is 46.4 Å². The van der Waals surface area contributed by atoms with Gasteiger partial charge in [-0.25, -0.2) is 0 Å². The highest BCUT2D eigenvalue weighted by molar-refractivity contribution is 9.11. The Hall–Kier alpha value is -0.630. The molecule has 0 unspecified atom stereocenters. The van der Waals surface area contributed by atoms with Crippen LogP contribution in [0.15, 0.2) is 9.85 Å². The van der Waals surface area contributed by atoms with Crippen LogP contribution in [0.3, 0.4) is 0 Å². The molecule has 18 heavy (non-hydrogen) atoms. The van der Waals surface area contributed by atoms with Crippen molar-refractivity contribution in [1.82, 2.24) is 10.6 Å². The summed E-state index contributed by atoms with van der Waals surface area (Å²) in [5.41, 5.74) is 0. The third-order valence-corrected chi connectivity index (χ3v) is 3.95. The Balaban J connectivity index is 2.27. The highest BCUT2D eigenvalue weighted by atomic mass is 79.9. The second kappa shape index (κ2) is 8.47. The minimum atomic E-state index is -0.0856. The minimum absolute atomic E-state index is 0.0856. The fourth-order valence-corrected chi connectivity index (χ4v) is 2.82. The van der Waals surface area contributed by atoms with Crippen LogP contribution in [0.1, 0.15) is 9.67 Å². The summed E-state index contributed by atoms with van der Waals surface area (Å²) in [5, 5.41) is 5.98. The van der Waals surface area contributed by atoms with Crippen LogP contribution in [0.25, 0.3) is 0 Å². The van der Waals surface area contributed by atoms with E-state index < -0.39 is 0 Å². The highest BCUT2D eigenvalue weighted by Gasteiger charge is 2.12. The van der Waals surface area contributed by atoms with Gasteiger partial charge in [0.15, 0.2) is 0 Å². The van der Waals surface area contributed by atoms with Crippen molar-refractivity contribution in [3.05, 3.63) is 14.7 Å². The second-order valence-electron chi connectivity index (χ2n) is 3.45. The molecule has 0 fully saturated rings. The summed E-state index contributed by atoms with van der Waals surface area (Å²) < 4.78 is 10.8. The molecule has 0 aliphatic heterocycles. The molecule has 1 rings (SSSR count). The molecule has 0 aliphatic rings. The Morgan fingerprint density at radius 2 is 2.17 bits per heavy atom. The van der Waals surface area contributed by atoms with E-state index in [4.69, 9.17) is 9.47 Å². The van der Waals surface area contributed by atoms with Gasteiger partial charge in [0.2, 0.25) is 0 Å². The summed E-state index contributed by atoms with van der Waals surface area (Å²) >= 11 is 4.70. The average Bonchev–Trinajstić information content (AvgIpc) is 2.74. The molecule has 1 heterocycles. The van der Waals surface area contributed by atoms with E-state index in [1.54, 1.807) is 20.3 Å². The maximum absolute atomic E-state index is 11.8. The zero-order valence-corrected chi connectivity index (χ0v) is 12.8. The Bertz CT molecular complexity index is 384. The summed E-state index contributed by atoms with van der Waals surface area (Å²) in [4.78, 5) is 12.4. The van der Waals surface area contributed by atoms with E-state index in [2.05, 4.69) is 26.6 Å². The highest BCUT2D eigenvalue weighted by Crippen LogP contribution is 2.34. The van der Waals surface area contributed by atoms with E-state index in [9.17, 15) is 4.79 Å². The normalized spacial score (nSPS) is 10.4. The van der Waals surface area contributed by atoms with Crippen LogP contribution in [0.4, 0.5) is 0 Å². The molecule has 1 amide bonds. The number of amides is 1. The van der Waals surface area contributed by atoms with Crippen LogP contribution >= 0.6 is 27.3 Å². The SMILES string of the molecule is COCCNCCNC(=O)c1cc(OC)c(Br)s1. The molecule has 102 valence electrons. The Kier molecular flexibility index (Phi) is 7.26. The molecule has 0 radical (unpaired) electrons. The van der Waals surface area contributed by atoms with Crippen LogP contribution in [0.5, 0.6) is 5.75 Å². The van der Waals surface area contributed by atoms with Crippen molar-refractivity contribution >= 4 is 33.2 Å². The summed E-state index contributed by atoms with van der Waals surface area (Å²) in [7, 11) is 3.24. The van der Waals surface area contributed by atoms with Crippen molar-refractivity contribution in [2.75, 3.05) is 40.5 Å². The van der Waals surface area contributed by atoms with Gasteiger partial charge in [-0.1, -0.05) is 0 Å². The van der Waals surface area contributed by atoms with Crippen LogP contribution < -0.4 is 15.4 Å². The van der Waals surface area contributed by atoms with Crippen LogP contribution in [0.2, 0.25) is 0 Å². The second-order valence-corrected chi connectivity index (χ2v) is 5.82. The first-order valence-corrected chi connectivity index (χ1v) is 7.11. The van der Waals surface area contributed by atoms with Crippen molar-refractivity contribution in [1.29, 1.82) is 0 Å². The van der Waals surface area contributed by atoms with Crippen molar-refractivity contribution < 1.29 is 14.3 Å². The third-order valence-electron chi connectivity index (χ3n) is 2.17. The maximum Gasteiger partial charge on any atom is 0.261 e. The van der Waals surface area contributed by atoms with E-state index in [1.165, 1.54) is 11.3 Å². The molecule has 0 spiro atoms. The van der Waals surface area contributed by atoms with E-state index in [1.807, 2.05) is 0 Å². The number of methoxy groups -OCH3 is 2. The lowest BCUT2D eigenvalue weighted by Crippen LogP contribution is -2.32. The number of ether oxygens (including phenoxy) is 2. The molecule has 5 nitrogen and oxygen atoms in total. The summed E-state index contributed by atoms with van der Waals surface area (Å²) in [6, 6.07) is 1.72. The Labute approximate surface area is 119 Å². The van der Waals surface area contributed by atoms with Gasteiger partial charge in [0.25, 0.3) is 5.91 Å². The average molecular weight is 337 g/mol. The first-order chi connectivity index (χ1) is 8.69.